The van der Waals surface area contributed by atoms with Crippen LogP contribution in [0.4, 0.5) is 22.1 Å². The lowest BCUT2D eigenvalue weighted by Crippen LogP contribution is -2.81. The number of likely N-dealkylation sites (N-methyl/N-ethyl adjacent to an activating group) is 1. The number of piperidine rings is 1. The molecule has 1 saturated carbocycles. The average Bonchev–Trinajstić information content (AvgIpc) is 1.48. The van der Waals surface area contributed by atoms with E-state index in [0.717, 1.165) is 50.5 Å². The summed E-state index contributed by atoms with van der Waals surface area (Å²) in [4.78, 5) is 192. The van der Waals surface area contributed by atoms with Gasteiger partial charge in [0, 0.05) is 133 Å². The molecule has 1 aliphatic carbocycles. The number of fused-ring (bicyclic) bond motifs is 7. The number of hydrogen-bond donors (Lipinski definition) is 19. The van der Waals surface area contributed by atoms with E-state index in [1.165, 1.54) is 25.4 Å². The number of aliphatic hydroxyl groups excluding tert-OH is 1. The van der Waals surface area contributed by atoms with E-state index < -0.39 is 166 Å². The minimum atomic E-state index is -2.49. The van der Waals surface area contributed by atoms with Crippen LogP contribution in [0.15, 0.2) is 88.8 Å². The number of carbonyl (C=O) groups excluding carboxylic acids is 8. The Hall–Kier alpha value is -12.4. The molecular formula is C86H113N19O24S2. The van der Waals surface area contributed by atoms with Gasteiger partial charge >= 0.3 is 36.0 Å². The molecule has 45 heteroatoms. The number of carbonyl (C=O) groups is 12. The van der Waals surface area contributed by atoms with Crippen LogP contribution in [-0.4, -0.2) is 299 Å². The van der Waals surface area contributed by atoms with Crippen molar-refractivity contribution < 1.29 is 112 Å². The topological polar surface area (TPSA) is 655 Å². The van der Waals surface area contributed by atoms with E-state index in [-0.39, 0.29) is 91.2 Å². The number of nitrogens with zero attached hydrogens (tertiary/aromatic N) is 7. The van der Waals surface area contributed by atoms with Gasteiger partial charge in [-0.1, -0.05) is 65.8 Å². The second kappa shape index (κ2) is 42.6. The number of rotatable bonds is 39. The van der Waals surface area contributed by atoms with Gasteiger partial charge in [0.25, 0.3) is 17.4 Å². The fourth-order valence-corrected chi connectivity index (χ4v) is 21.3. The quantitative estimate of drug-likeness (QED) is 0.00635. The van der Waals surface area contributed by atoms with Crippen molar-refractivity contribution in [2.45, 2.75) is 182 Å². The molecule has 708 valence electrons. The number of aliphatic imine (C=N–C) groups is 1. The van der Waals surface area contributed by atoms with Crippen molar-refractivity contribution >= 4 is 138 Å². The predicted octanol–water partition coefficient (Wildman–Crippen LogP) is 0.835. The number of aromatic nitrogens is 5. The van der Waals surface area contributed by atoms with Gasteiger partial charge in [0.15, 0.2) is 22.7 Å². The molecule has 22 N–H and O–H groups in total. The smallest absolute Gasteiger partial charge is 0.496 e. The molecular weight excluding hydrogens is 1750 g/mol. The van der Waals surface area contributed by atoms with Gasteiger partial charge in [-0.25, -0.2) is 24.4 Å². The summed E-state index contributed by atoms with van der Waals surface area (Å²) >= 11 is 0. The summed E-state index contributed by atoms with van der Waals surface area (Å²) in [6, 6.07) is 10.3. The standard InChI is InChI=1S/C57H75N7O16S2.C29H38N12O8/c1-7-53(75)27-33-28-56(51(73)78-6,44-35(14-19-63(29-33)31-53)34-12-9-10-13-38(34)60-44)37-24-36-41(26-42(37)77-5)62(4)48-55(36)16-20-64-18-11-15-54(8-2,47(55)64)49(71)57(48,76)50(72)58-17-21-79-52(74)80-22-23-81-82-30-40(46(69)70)61-45(68)39(25-43(66)67)59-32(3)65;1-14(3-2-10-33-28(30)31)36-25(46)19(11-21(43)44)38-20(42)9-8-18(27(48)49)39-24(45)15-4-6-16(7-5-15)34-12-17-13-35-23-22(37-17)26(47)41-29(32)40-23/h9-13,15,24,26,33,39-40,47-49,60,71,75-76H,7-8,14,16-23,25,27-31H2,1-6H3,(H,58,72)(H,59,65)(H,61,68)(H,66,67)(H,69,70);4-7,13-14,18-19,34H,2-3,8-12H2,1H3,(H,36,46)(H,38,42)(H,39,45)(H,43,44)(H,48,49)(H4,30,31,33)(H3,32,35,40,41,47)/t33-,39+,40+,47+,48-,49-,53+,54-,55-,56+,57+;14-,18+,19+/m11/s1. The number of guanidine groups is 1. The second-order valence-electron chi connectivity index (χ2n) is 33.6. The number of nitrogens with one attached hydrogen (secondary N) is 9. The minimum absolute atomic E-state index is 0.0228. The van der Waals surface area contributed by atoms with Crippen LogP contribution in [0, 0.1) is 11.3 Å². The summed E-state index contributed by atoms with van der Waals surface area (Å²) < 4.78 is 22.8. The van der Waals surface area contributed by atoms with E-state index >= 15 is 9.59 Å². The van der Waals surface area contributed by atoms with Gasteiger partial charge in [0.2, 0.25) is 29.6 Å². The van der Waals surface area contributed by atoms with Gasteiger partial charge < -0.3 is 119 Å². The van der Waals surface area contributed by atoms with E-state index in [1.807, 2.05) is 61.2 Å². The van der Waals surface area contributed by atoms with E-state index in [1.54, 1.807) is 33.2 Å². The highest BCUT2D eigenvalue weighted by molar-refractivity contribution is 8.76. The zero-order chi connectivity index (χ0) is 95.2. The van der Waals surface area contributed by atoms with Gasteiger partial charge in [0.05, 0.1) is 63.7 Å². The zero-order valence-corrected chi connectivity index (χ0v) is 75.1. The van der Waals surface area contributed by atoms with Crippen LogP contribution in [0.25, 0.3) is 22.1 Å². The molecule has 0 radical (unpaired) electrons. The maximum absolute atomic E-state index is 15.5. The molecule has 3 aromatic carbocycles. The van der Waals surface area contributed by atoms with Crippen molar-refractivity contribution in [2.24, 2.45) is 27.8 Å². The van der Waals surface area contributed by atoms with Crippen molar-refractivity contribution in [1.82, 2.24) is 66.6 Å². The highest BCUT2D eigenvalue weighted by Gasteiger charge is 2.79. The lowest BCUT2D eigenvalue weighted by Gasteiger charge is -2.63. The number of nitrogens with two attached hydrogens (primary N) is 3. The fourth-order valence-electron chi connectivity index (χ4n) is 19.4. The Balaban J connectivity index is 0.000000289. The number of carboxylic acid groups (broad SMARTS) is 4. The minimum Gasteiger partial charge on any atom is -0.496 e. The molecule has 15 atom stereocenters. The molecule has 3 aromatic heterocycles. The Morgan fingerprint density at radius 1 is 0.786 bits per heavy atom. The zero-order valence-electron chi connectivity index (χ0n) is 73.4. The van der Waals surface area contributed by atoms with Crippen LogP contribution in [0.2, 0.25) is 0 Å². The molecule has 2 saturated heterocycles. The average molecular weight is 1860 g/mol. The maximum Gasteiger partial charge on any atom is 0.508 e. The molecule has 43 nitrogen and oxygen atoms in total. The first-order valence-electron chi connectivity index (χ1n) is 42.8. The molecule has 8 heterocycles. The fraction of sp³-hybridized carbons (Fsp3) is 0.523. The van der Waals surface area contributed by atoms with Crippen molar-refractivity contribution in [1.29, 1.82) is 0 Å². The number of carboxylic acids is 4. The van der Waals surface area contributed by atoms with E-state index in [0.29, 0.717) is 118 Å². The lowest BCUT2D eigenvalue weighted by molar-refractivity contribution is -0.203. The summed E-state index contributed by atoms with van der Waals surface area (Å²) in [5, 5.41) is 94.7. The molecule has 131 heavy (non-hydrogen) atoms. The molecule has 3 fully saturated rings. The molecule has 1 unspecified atom stereocenters. The number of aromatic amines is 2. The number of aliphatic carboxylic acids is 4. The molecule has 6 aromatic rings. The Morgan fingerprint density at radius 2 is 1.49 bits per heavy atom. The molecule has 6 aliphatic rings. The van der Waals surface area contributed by atoms with Gasteiger partial charge in [-0.2, -0.15) is 4.98 Å². The van der Waals surface area contributed by atoms with Gasteiger partial charge in [0.1, 0.15) is 54.6 Å². The number of aliphatic hydroxyl groups is 3. The summed E-state index contributed by atoms with van der Waals surface area (Å²) in [6.45, 7) is 9.36. The Labute approximate surface area is 759 Å². The Morgan fingerprint density at radius 3 is 2.16 bits per heavy atom. The summed E-state index contributed by atoms with van der Waals surface area (Å²) in [7, 11) is 6.91. The number of amides is 6. The first-order chi connectivity index (χ1) is 62.3. The van der Waals surface area contributed by atoms with Gasteiger partial charge in [-0.3, -0.25) is 67.7 Å². The summed E-state index contributed by atoms with van der Waals surface area (Å²) in [6.07, 6.45) is 4.09. The third-order valence-electron chi connectivity index (χ3n) is 25.1. The van der Waals surface area contributed by atoms with Crippen molar-refractivity contribution in [2.75, 3.05) is 108 Å². The number of hydrogen-bond acceptors (Lipinski definition) is 31. The van der Waals surface area contributed by atoms with Gasteiger partial charge in [-0.15, -0.1) is 0 Å². The molecule has 6 amide bonds. The van der Waals surface area contributed by atoms with Gasteiger partial charge in [-0.05, 0) is 125 Å². The van der Waals surface area contributed by atoms with E-state index in [9.17, 15) is 83.4 Å². The van der Waals surface area contributed by atoms with Crippen molar-refractivity contribution in [3.05, 3.63) is 123 Å². The third-order valence-corrected chi connectivity index (χ3v) is 27.5. The molecule has 2 bridgehead atoms. The van der Waals surface area contributed by atoms with Crippen molar-refractivity contribution in [3.8, 4) is 5.75 Å². The summed E-state index contributed by atoms with van der Waals surface area (Å²) in [5.41, 5.74) is 14.1. The molecule has 12 rings (SSSR count). The normalized spacial score (nSPS) is 23.7. The Bertz CT molecular complexity index is 5390. The number of benzene rings is 3. The van der Waals surface area contributed by atoms with Crippen LogP contribution < -0.4 is 69.6 Å². The van der Waals surface area contributed by atoms with Crippen LogP contribution in [-0.2, 0) is 86.0 Å². The largest absolute Gasteiger partial charge is 0.508 e. The second-order valence-corrected chi connectivity index (χ2v) is 36.2. The van der Waals surface area contributed by atoms with Crippen LogP contribution in [0.5, 0.6) is 5.75 Å². The maximum atomic E-state index is 15.5. The SMILES string of the molecule is CC[C@]1(O)C[C@H]2CN(CCc3c([nH]c4ccccc34)[C@@](C(=O)OC)(c3cc4c(cc3OC)N(C)[C@H]3[C@@](O)(C(=O)NCCOC(=O)OCCSSC[C@H](NC(=O)[C@H](CC(=O)O)NC(C)=O)C(=O)O)[C@H](O)[C@]5(CC)C=CCN6CC[C@]43[C@@H]65)C2)C1.C[C@H](CCCN=C(N)N)NC(=O)[C@H](CC(=O)O)NC(=O)CC[C@H](NC(=O)c1ccc(NCc2cnc3nc(N)[nH]c(=O)c3n2)cc1)C(=O)O. The van der Waals surface area contributed by atoms with Crippen molar-refractivity contribution in [3.63, 3.8) is 0 Å². The number of nitrogen functional groups attached to an aromatic ring is 1. The number of methoxy groups -OCH3 is 2. The summed E-state index contributed by atoms with van der Waals surface area (Å²) in [5.74, 6) is -10.7. The van der Waals surface area contributed by atoms with Crippen LogP contribution in [0.1, 0.15) is 137 Å². The third kappa shape index (κ3) is 21.9. The number of esters is 1. The Kier molecular flexibility index (Phi) is 32.3. The lowest BCUT2D eigenvalue weighted by atomic mass is 9.47. The first-order valence-corrected chi connectivity index (χ1v) is 45.3. The highest BCUT2D eigenvalue weighted by Crippen LogP contribution is 2.68. The van der Waals surface area contributed by atoms with E-state index in [4.69, 9.17) is 41.3 Å². The number of para-hydroxylation sites is 1. The first kappa shape index (κ1) is 99.1. The number of H-pyrrole nitrogens is 2. The monoisotopic (exact) mass is 1860 g/mol. The predicted molar refractivity (Wildman–Crippen MR) is 479 cm³/mol. The molecule has 1 spiro atoms. The number of anilines is 3. The van der Waals surface area contributed by atoms with Crippen LogP contribution >= 0.6 is 21.6 Å². The van der Waals surface area contributed by atoms with Crippen LogP contribution in [0.3, 0.4) is 0 Å². The van der Waals surface area contributed by atoms with E-state index in [2.05, 4.69) is 83.0 Å². The molecule has 5 aliphatic heterocycles. The highest BCUT2D eigenvalue weighted by atomic mass is 33.1. The number of ether oxygens (including phenoxy) is 4.